The molecule has 2 aliphatic heterocycles. The maximum absolute atomic E-state index is 11.8. The summed E-state index contributed by atoms with van der Waals surface area (Å²) in [7, 11) is 0. The number of nitrogens with zero attached hydrogens (tertiary/aromatic N) is 1. The number of hydrogen-bond acceptors (Lipinski definition) is 3. The van der Waals surface area contributed by atoms with E-state index in [0.717, 1.165) is 17.7 Å². The van der Waals surface area contributed by atoms with E-state index in [4.69, 9.17) is 4.74 Å². The largest absolute Gasteiger partial charge is 0.371 e. The van der Waals surface area contributed by atoms with Crippen molar-refractivity contribution in [3.05, 3.63) is 29.3 Å². The number of aryl methyl sites for hydroxylation is 1. The van der Waals surface area contributed by atoms with Crippen LogP contribution in [0.4, 0.5) is 5.69 Å². The fourth-order valence-corrected chi connectivity index (χ4v) is 2.13. The number of fused-ring (bicyclic) bond motifs is 1. The third kappa shape index (κ3) is 1.65. The number of ether oxygens (including phenoxy) is 1. The van der Waals surface area contributed by atoms with Crippen LogP contribution in [0.3, 0.4) is 0 Å². The summed E-state index contributed by atoms with van der Waals surface area (Å²) in [6, 6.07) is 5.65. The molecule has 17 heavy (non-hydrogen) atoms. The molecule has 2 aliphatic rings. The van der Waals surface area contributed by atoms with Crippen LogP contribution in [-0.2, 0) is 16.0 Å². The van der Waals surface area contributed by atoms with Crippen LogP contribution in [-0.4, -0.2) is 30.9 Å². The van der Waals surface area contributed by atoms with Crippen LogP contribution in [0.5, 0.6) is 0 Å². The van der Waals surface area contributed by atoms with Crippen molar-refractivity contribution in [2.75, 3.05) is 18.1 Å². The van der Waals surface area contributed by atoms with Gasteiger partial charge in [-0.25, -0.2) is 0 Å². The molecule has 2 heterocycles. The Morgan fingerprint density at radius 3 is 2.82 bits per heavy atom. The summed E-state index contributed by atoms with van der Waals surface area (Å²) < 4.78 is 5.11. The number of carbonyl (C=O) groups excluding carboxylic acids is 2. The molecule has 4 heteroatoms. The SMILES string of the molecule is CCc1ccc2c(c1)C(=O)C(=O)N2CC1CO1. The summed E-state index contributed by atoms with van der Waals surface area (Å²) in [5.41, 5.74) is 2.34. The molecule has 0 bridgehead atoms. The molecule has 0 spiro atoms. The number of anilines is 1. The summed E-state index contributed by atoms with van der Waals surface area (Å²) in [5, 5.41) is 0. The Balaban J connectivity index is 2.00. The van der Waals surface area contributed by atoms with Crippen molar-refractivity contribution in [1.29, 1.82) is 0 Å². The van der Waals surface area contributed by atoms with E-state index in [9.17, 15) is 9.59 Å². The monoisotopic (exact) mass is 231 g/mol. The Hall–Kier alpha value is -1.68. The van der Waals surface area contributed by atoms with Crippen LogP contribution < -0.4 is 4.90 Å². The minimum absolute atomic E-state index is 0.101. The van der Waals surface area contributed by atoms with E-state index in [1.54, 1.807) is 0 Å². The molecule has 1 amide bonds. The van der Waals surface area contributed by atoms with Gasteiger partial charge in [-0.3, -0.25) is 9.59 Å². The van der Waals surface area contributed by atoms with Crippen LogP contribution in [0.25, 0.3) is 0 Å². The number of rotatable bonds is 3. The van der Waals surface area contributed by atoms with Crippen molar-refractivity contribution >= 4 is 17.4 Å². The van der Waals surface area contributed by atoms with E-state index in [2.05, 4.69) is 0 Å². The topological polar surface area (TPSA) is 49.9 Å². The quantitative estimate of drug-likeness (QED) is 0.579. The number of amides is 1. The molecule has 1 unspecified atom stereocenters. The van der Waals surface area contributed by atoms with Gasteiger partial charge >= 0.3 is 0 Å². The van der Waals surface area contributed by atoms with E-state index in [1.165, 1.54) is 4.90 Å². The minimum Gasteiger partial charge on any atom is -0.371 e. The van der Waals surface area contributed by atoms with Gasteiger partial charge in [0.1, 0.15) is 0 Å². The highest BCUT2D eigenvalue weighted by Gasteiger charge is 2.39. The van der Waals surface area contributed by atoms with E-state index in [-0.39, 0.29) is 6.10 Å². The third-order valence-electron chi connectivity index (χ3n) is 3.23. The lowest BCUT2D eigenvalue weighted by atomic mass is 10.1. The second kappa shape index (κ2) is 3.67. The molecule has 4 nitrogen and oxygen atoms in total. The van der Waals surface area contributed by atoms with Gasteiger partial charge in [-0.05, 0) is 24.1 Å². The zero-order chi connectivity index (χ0) is 12.0. The van der Waals surface area contributed by atoms with E-state index >= 15 is 0 Å². The molecule has 0 saturated carbocycles. The zero-order valence-corrected chi connectivity index (χ0v) is 9.60. The van der Waals surface area contributed by atoms with Crippen LogP contribution in [0.1, 0.15) is 22.8 Å². The van der Waals surface area contributed by atoms with E-state index in [1.807, 2.05) is 25.1 Å². The Labute approximate surface area is 99.2 Å². The number of carbonyl (C=O) groups is 2. The predicted molar refractivity (Wildman–Crippen MR) is 62.2 cm³/mol. The summed E-state index contributed by atoms with van der Waals surface area (Å²) in [4.78, 5) is 25.2. The maximum atomic E-state index is 11.8. The van der Waals surface area contributed by atoms with Crippen molar-refractivity contribution in [3.8, 4) is 0 Å². The Kier molecular flexibility index (Phi) is 2.26. The van der Waals surface area contributed by atoms with Crippen molar-refractivity contribution in [3.63, 3.8) is 0 Å². The molecule has 1 atom stereocenters. The van der Waals surface area contributed by atoms with Gasteiger partial charge in [0, 0.05) is 0 Å². The van der Waals surface area contributed by atoms with E-state index in [0.29, 0.717) is 18.7 Å². The fraction of sp³-hybridized carbons (Fsp3) is 0.385. The van der Waals surface area contributed by atoms with E-state index < -0.39 is 11.7 Å². The summed E-state index contributed by atoms with van der Waals surface area (Å²) in [6.07, 6.45) is 0.962. The van der Waals surface area contributed by atoms with Gasteiger partial charge in [0.05, 0.1) is 30.5 Å². The summed E-state index contributed by atoms with van der Waals surface area (Å²) >= 11 is 0. The lowest BCUT2D eigenvalue weighted by Crippen LogP contribution is -2.33. The average Bonchev–Trinajstić information content (AvgIpc) is 3.14. The van der Waals surface area contributed by atoms with Gasteiger partial charge in [-0.1, -0.05) is 13.0 Å². The second-order valence-electron chi connectivity index (χ2n) is 4.41. The maximum Gasteiger partial charge on any atom is 0.299 e. The highest BCUT2D eigenvalue weighted by molar-refractivity contribution is 6.52. The minimum atomic E-state index is -0.427. The molecule has 1 saturated heterocycles. The lowest BCUT2D eigenvalue weighted by molar-refractivity contribution is -0.114. The predicted octanol–water partition coefficient (Wildman–Crippen LogP) is 1.18. The molecule has 0 aliphatic carbocycles. The Morgan fingerprint density at radius 2 is 2.18 bits per heavy atom. The summed E-state index contributed by atoms with van der Waals surface area (Å²) in [5.74, 6) is -0.820. The van der Waals surface area contributed by atoms with Gasteiger partial charge in [0.2, 0.25) is 0 Å². The molecule has 88 valence electrons. The van der Waals surface area contributed by atoms with Crippen LogP contribution >= 0.6 is 0 Å². The molecule has 0 radical (unpaired) electrons. The molecular weight excluding hydrogens is 218 g/mol. The first-order valence-corrected chi connectivity index (χ1v) is 5.81. The molecule has 0 N–H and O–H groups in total. The van der Waals surface area contributed by atoms with Gasteiger partial charge in [0.25, 0.3) is 11.7 Å². The molecule has 1 aromatic rings. The molecule has 3 rings (SSSR count). The molecular formula is C13H13NO3. The fourth-order valence-electron chi connectivity index (χ4n) is 2.13. The highest BCUT2D eigenvalue weighted by atomic mass is 16.6. The van der Waals surface area contributed by atoms with Gasteiger partial charge < -0.3 is 9.64 Å². The normalized spacial score (nSPS) is 21.9. The van der Waals surface area contributed by atoms with Gasteiger partial charge in [0.15, 0.2) is 0 Å². The zero-order valence-electron chi connectivity index (χ0n) is 9.60. The highest BCUT2D eigenvalue weighted by Crippen LogP contribution is 2.31. The average molecular weight is 231 g/mol. The Morgan fingerprint density at radius 1 is 1.41 bits per heavy atom. The smallest absolute Gasteiger partial charge is 0.299 e. The number of ketones is 1. The standard InChI is InChI=1S/C13H13NO3/c1-2-8-3-4-11-10(5-8)12(15)13(16)14(11)6-9-7-17-9/h3-5,9H,2,6-7H2,1H3. The molecule has 1 fully saturated rings. The van der Waals surface area contributed by atoms with Crippen molar-refractivity contribution in [1.82, 2.24) is 0 Å². The number of epoxide rings is 1. The van der Waals surface area contributed by atoms with Crippen LogP contribution in [0, 0.1) is 0 Å². The summed E-state index contributed by atoms with van der Waals surface area (Å²) in [6.45, 7) is 3.20. The number of hydrogen-bond donors (Lipinski definition) is 0. The molecule has 0 aromatic heterocycles. The molecule has 1 aromatic carbocycles. The first kappa shape index (κ1) is 10.5. The van der Waals surface area contributed by atoms with Crippen LogP contribution in [0.2, 0.25) is 0 Å². The van der Waals surface area contributed by atoms with Crippen LogP contribution in [0.15, 0.2) is 18.2 Å². The number of Topliss-reactive ketones (excluding diaryl/α,β-unsaturated/α-hetero) is 1. The Bertz CT molecular complexity index is 505. The number of benzene rings is 1. The lowest BCUT2D eigenvalue weighted by Gasteiger charge is -2.14. The first-order valence-electron chi connectivity index (χ1n) is 5.81. The third-order valence-corrected chi connectivity index (χ3v) is 3.23. The second-order valence-corrected chi connectivity index (χ2v) is 4.41. The first-order chi connectivity index (χ1) is 8.20. The van der Waals surface area contributed by atoms with Gasteiger partial charge in [-0.15, -0.1) is 0 Å². The van der Waals surface area contributed by atoms with Gasteiger partial charge in [-0.2, -0.15) is 0 Å². The van der Waals surface area contributed by atoms with Crippen molar-refractivity contribution in [2.45, 2.75) is 19.4 Å². The van der Waals surface area contributed by atoms with Crippen molar-refractivity contribution in [2.24, 2.45) is 0 Å². The van der Waals surface area contributed by atoms with Crippen molar-refractivity contribution < 1.29 is 14.3 Å².